The molecule has 0 saturated heterocycles. The normalized spacial score (nSPS) is 10.5. The van der Waals surface area contributed by atoms with Crippen LogP contribution >= 0.6 is 31.9 Å². The van der Waals surface area contributed by atoms with E-state index < -0.39 is 33.2 Å². The van der Waals surface area contributed by atoms with E-state index in [1.54, 1.807) is 24.3 Å². The molecule has 0 fully saturated rings. The lowest BCUT2D eigenvalue weighted by Crippen LogP contribution is -2.14. The predicted molar refractivity (Wildman–Crippen MR) is 207 cm³/mol. The molecule has 292 valence electrons. The third-order valence-electron chi connectivity index (χ3n) is 7.24. The van der Waals surface area contributed by atoms with Crippen molar-refractivity contribution in [1.82, 2.24) is 10.2 Å². The number of carbonyl (C=O) groups excluding carboxylic acids is 1. The molecule has 0 aliphatic heterocycles. The maximum atomic E-state index is 12.9. The van der Waals surface area contributed by atoms with Gasteiger partial charge in [0.05, 0.1) is 21.0 Å². The number of nitro benzene ring substituents is 2. The maximum Gasteiger partial charge on any atom is 0.423 e. The summed E-state index contributed by atoms with van der Waals surface area (Å²) in [4.78, 5) is 32.2. The minimum absolute atomic E-state index is 0. The Hall–Kier alpha value is -6.34. The molecule has 1 heterocycles. The van der Waals surface area contributed by atoms with Gasteiger partial charge in [0.15, 0.2) is 0 Å². The number of alkyl halides is 3. The number of halogens is 5. The van der Waals surface area contributed by atoms with E-state index in [0.29, 0.717) is 32.4 Å². The Kier molecular flexibility index (Phi) is 14.8. The van der Waals surface area contributed by atoms with Crippen LogP contribution in [0.3, 0.4) is 0 Å². The molecule has 0 unspecified atom stereocenters. The number of anilines is 1. The zero-order chi connectivity index (χ0) is 40.6. The average molecular weight is 905 g/mol. The molecule has 6 aromatic rings. The van der Waals surface area contributed by atoms with Gasteiger partial charge >= 0.3 is 6.18 Å². The first-order valence-electron chi connectivity index (χ1n) is 15.3. The molecular weight excluding hydrogens is 875 g/mol. The van der Waals surface area contributed by atoms with Gasteiger partial charge in [0.2, 0.25) is 5.89 Å². The van der Waals surface area contributed by atoms with Crippen molar-refractivity contribution >= 4 is 54.8 Å². The second-order valence-electron chi connectivity index (χ2n) is 11.2. The van der Waals surface area contributed by atoms with Crippen LogP contribution in [0.15, 0.2) is 110 Å². The first-order valence-corrected chi connectivity index (χ1v) is 16.9. The summed E-state index contributed by atoms with van der Waals surface area (Å²) in [5.41, 5.74) is -0.123. The summed E-state index contributed by atoms with van der Waals surface area (Å²) in [6.07, 6.45) is -4.95. The first-order chi connectivity index (χ1) is 25.8. The Labute approximate surface area is 332 Å². The van der Waals surface area contributed by atoms with Crippen LogP contribution in [0, 0.1) is 34.1 Å². The fourth-order valence-corrected chi connectivity index (χ4v) is 5.47. The molecule has 0 bridgehead atoms. The highest BCUT2D eigenvalue weighted by Crippen LogP contribution is 2.38. The van der Waals surface area contributed by atoms with Crippen LogP contribution in [-0.4, -0.2) is 41.3 Å². The summed E-state index contributed by atoms with van der Waals surface area (Å²) in [5, 5.41) is 59.6. The van der Waals surface area contributed by atoms with Gasteiger partial charge in [-0.05, 0) is 112 Å². The van der Waals surface area contributed by atoms with Gasteiger partial charge in [0.25, 0.3) is 23.2 Å². The van der Waals surface area contributed by atoms with Gasteiger partial charge in [0.1, 0.15) is 28.4 Å². The van der Waals surface area contributed by atoms with Gasteiger partial charge in [-0.2, -0.15) is 13.2 Å². The van der Waals surface area contributed by atoms with Gasteiger partial charge in [-0.3, -0.25) is 25.0 Å². The van der Waals surface area contributed by atoms with Crippen molar-refractivity contribution in [1.29, 1.82) is 0 Å². The molecule has 0 spiro atoms. The van der Waals surface area contributed by atoms with Crippen LogP contribution in [0.1, 0.15) is 34.5 Å². The second-order valence-corrected chi connectivity index (χ2v) is 13.0. The van der Waals surface area contributed by atoms with Crippen molar-refractivity contribution in [2.45, 2.75) is 27.5 Å². The molecule has 6 rings (SSSR count). The van der Waals surface area contributed by atoms with Crippen molar-refractivity contribution in [2.75, 3.05) is 5.32 Å². The van der Waals surface area contributed by atoms with Gasteiger partial charge in [0, 0.05) is 26.8 Å². The molecular formula is C37H30Br2F3N5O9. The fourth-order valence-electron chi connectivity index (χ4n) is 4.62. The van der Waals surface area contributed by atoms with E-state index in [1.807, 2.05) is 26.0 Å². The van der Waals surface area contributed by atoms with Crippen molar-refractivity contribution in [3.05, 3.63) is 148 Å². The Morgan fingerprint density at radius 2 is 1.34 bits per heavy atom. The van der Waals surface area contributed by atoms with E-state index in [2.05, 4.69) is 47.4 Å². The minimum atomic E-state index is -4.95. The predicted octanol–water partition coefficient (Wildman–Crippen LogP) is 10.8. The molecule has 4 N–H and O–H groups in total. The number of phenols is 3. The lowest BCUT2D eigenvalue weighted by Gasteiger charge is -2.11. The summed E-state index contributed by atoms with van der Waals surface area (Å²) in [6, 6.07) is 22.2. The molecule has 0 atom stereocenters. The summed E-state index contributed by atoms with van der Waals surface area (Å²) < 4.78 is 45.2. The van der Waals surface area contributed by atoms with E-state index in [1.165, 1.54) is 42.0 Å². The standard InChI is InChI=1S/C14H8BrF3N2O4.C14H8BrN3O4.C8H10O.CH4/c15-11-3-2-8(21)6-9(11)13(22)19-7-1-4-12(20(23)24)10(5-7)14(16,17)18;15-11-6-5-8(19)7-10(11)14-17-16-13(22-14)9-3-1-2-4-12(9)18(20)21;1-6-3-4-8(9)7(2)5-6;/h1-6,21H,(H,19,22);1-7,19H;3-5,9H,1-2H3;1H4. The largest absolute Gasteiger partial charge is 0.508 e. The number of nitrogens with one attached hydrogen (secondary N) is 1. The van der Waals surface area contributed by atoms with Crippen LogP contribution in [-0.2, 0) is 6.18 Å². The lowest BCUT2D eigenvalue weighted by molar-refractivity contribution is -0.388. The highest BCUT2D eigenvalue weighted by Gasteiger charge is 2.38. The van der Waals surface area contributed by atoms with Crippen LogP contribution < -0.4 is 5.32 Å². The van der Waals surface area contributed by atoms with Crippen LogP contribution in [0.25, 0.3) is 22.9 Å². The number of para-hydroxylation sites is 1. The Bertz CT molecular complexity index is 2390. The van der Waals surface area contributed by atoms with E-state index in [9.17, 15) is 48.4 Å². The summed E-state index contributed by atoms with van der Waals surface area (Å²) >= 11 is 6.40. The molecule has 5 aromatic carbocycles. The monoisotopic (exact) mass is 903 g/mol. The number of phenolic OH excluding ortho intramolecular Hbond substituents is 3. The summed E-state index contributed by atoms with van der Waals surface area (Å²) in [5.74, 6) is -0.388. The Morgan fingerprint density at radius 1 is 0.750 bits per heavy atom. The zero-order valence-electron chi connectivity index (χ0n) is 28.2. The number of hydrogen-bond donors (Lipinski definition) is 4. The summed E-state index contributed by atoms with van der Waals surface area (Å²) in [6.45, 7) is 3.90. The van der Waals surface area contributed by atoms with E-state index >= 15 is 0 Å². The average Bonchev–Trinajstić information content (AvgIpc) is 3.62. The SMILES string of the molecule is C.Cc1ccc(O)c(C)c1.O=C(Nc1ccc([N+](=O)[O-])c(C(F)(F)F)c1)c1cc(O)ccc1Br.O=[N+]([O-])c1ccccc1-c1nnc(-c2cc(O)ccc2Br)o1. The van der Waals surface area contributed by atoms with Gasteiger partial charge in [-0.25, -0.2) is 0 Å². The topological polar surface area (TPSA) is 215 Å². The number of aryl methyl sites for hydroxylation is 2. The van der Waals surface area contributed by atoms with Crippen LogP contribution in [0.5, 0.6) is 17.2 Å². The molecule has 0 aliphatic rings. The van der Waals surface area contributed by atoms with Gasteiger partial charge < -0.3 is 25.1 Å². The molecule has 0 radical (unpaired) electrons. The molecule has 19 heteroatoms. The molecule has 0 saturated carbocycles. The van der Waals surface area contributed by atoms with Gasteiger partial charge in [-0.1, -0.05) is 37.3 Å². The van der Waals surface area contributed by atoms with Crippen LogP contribution in [0.2, 0.25) is 0 Å². The number of amides is 1. The van der Waals surface area contributed by atoms with Crippen molar-refractivity contribution in [3.8, 4) is 40.2 Å². The number of rotatable bonds is 6. The highest BCUT2D eigenvalue weighted by atomic mass is 79.9. The Balaban J connectivity index is 0.000000243. The van der Waals surface area contributed by atoms with Crippen molar-refractivity contribution < 1.29 is 47.5 Å². The number of benzene rings is 5. The number of hydrogen-bond acceptors (Lipinski definition) is 11. The van der Waals surface area contributed by atoms with Crippen LogP contribution in [0.4, 0.5) is 30.2 Å². The molecule has 1 aromatic heterocycles. The van der Waals surface area contributed by atoms with E-state index in [-0.39, 0.29) is 53.2 Å². The third-order valence-corrected chi connectivity index (χ3v) is 8.62. The smallest absolute Gasteiger partial charge is 0.423 e. The number of nitrogens with zero attached hydrogens (tertiary/aromatic N) is 4. The fraction of sp³-hybridized carbons (Fsp3) is 0.108. The summed E-state index contributed by atoms with van der Waals surface area (Å²) in [7, 11) is 0. The van der Waals surface area contributed by atoms with Crippen molar-refractivity contribution in [3.63, 3.8) is 0 Å². The number of aromatic hydroxyl groups is 3. The lowest BCUT2D eigenvalue weighted by atomic mass is 10.1. The first kappa shape index (κ1) is 44.1. The number of nitro groups is 2. The maximum absolute atomic E-state index is 12.9. The molecule has 0 aliphatic carbocycles. The van der Waals surface area contributed by atoms with Gasteiger partial charge in [-0.15, -0.1) is 10.2 Å². The third kappa shape index (κ3) is 11.3. The molecule has 1 amide bonds. The molecule has 56 heavy (non-hydrogen) atoms. The number of aromatic nitrogens is 2. The van der Waals surface area contributed by atoms with E-state index in [0.717, 1.165) is 17.7 Å². The quantitative estimate of drug-likeness (QED) is 0.0911. The minimum Gasteiger partial charge on any atom is -0.508 e. The van der Waals surface area contributed by atoms with E-state index in [4.69, 9.17) is 9.52 Å². The highest BCUT2D eigenvalue weighted by molar-refractivity contribution is 9.10. The van der Waals surface area contributed by atoms with Crippen molar-refractivity contribution in [2.24, 2.45) is 0 Å². The Morgan fingerprint density at radius 3 is 1.93 bits per heavy atom. The molecule has 14 nitrogen and oxygen atoms in total. The zero-order valence-corrected chi connectivity index (χ0v) is 31.4. The second kappa shape index (κ2) is 18.8. The number of carbonyl (C=O) groups is 1.